The lowest BCUT2D eigenvalue weighted by molar-refractivity contribution is -0.122. The Balaban J connectivity index is 2.13. The summed E-state index contributed by atoms with van der Waals surface area (Å²) in [5.41, 5.74) is 0.859. The average molecular weight is 301 g/mol. The number of nitrogens with one attached hydrogen (secondary N) is 1. The number of aryl methyl sites for hydroxylation is 1. The summed E-state index contributed by atoms with van der Waals surface area (Å²) in [4.78, 5) is 15.8. The van der Waals surface area contributed by atoms with Gasteiger partial charge in [-0.05, 0) is 31.4 Å². The first kappa shape index (κ1) is 14.4. The summed E-state index contributed by atoms with van der Waals surface area (Å²) in [6.45, 7) is 2.58. The van der Waals surface area contributed by atoms with E-state index < -0.39 is 22.0 Å². The number of sulfonamides is 1. The van der Waals surface area contributed by atoms with E-state index in [-0.39, 0.29) is 5.03 Å². The Morgan fingerprint density at radius 3 is 2.79 bits per heavy atom. The number of aromatic nitrogens is 1. The first-order chi connectivity index (χ1) is 8.90. The highest BCUT2D eigenvalue weighted by atomic mass is 32.2. The van der Waals surface area contributed by atoms with Gasteiger partial charge in [-0.3, -0.25) is 9.46 Å². The van der Waals surface area contributed by atoms with Crippen molar-refractivity contribution >= 4 is 25.3 Å². The molecule has 1 saturated heterocycles. The molecule has 6 nitrogen and oxygen atoms in total. The van der Waals surface area contributed by atoms with Crippen molar-refractivity contribution in [3.05, 3.63) is 23.9 Å². The average Bonchev–Trinajstić information content (AvgIpc) is 2.75. The lowest BCUT2D eigenvalue weighted by Crippen LogP contribution is -2.42. The van der Waals surface area contributed by atoms with Crippen molar-refractivity contribution in [3.63, 3.8) is 0 Å². The summed E-state index contributed by atoms with van der Waals surface area (Å²) in [5.74, 6) is -0.505. The van der Waals surface area contributed by atoms with Gasteiger partial charge in [0, 0.05) is 12.7 Å². The highest BCUT2D eigenvalue weighted by Crippen LogP contribution is 2.21. The second-order valence-electron chi connectivity index (χ2n) is 4.54. The molecule has 0 aromatic carbocycles. The summed E-state index contributed by atoms with van der Waals surface area (Å²) >= 11 is 0. The van der Waals surface area contributed by atoms with Crippen LogP contribution in [0, 0.1) is 6.92 Å². The molecule has 104 valence electrons. The Hall–Kier alpha value is -1.04. The second kappa shape index (κ2) is 5.53. The van der Waals surface area contributed by atoms with Crippen LogP contribution in [-0.4, -0.2) is 36.6 Å². The van der Waals surface area contributed by atoms with E-state index in [0.29, 0.717) is 6.42 Å². The molecule has 1 fully saturated rings. The molecule has 0 saturated carbocycles. The van der Waals surface area contributed by atoms with Crippen LogP contribution in [0.2, 0.25) is 0 Å². The van der Waals surface area contributed by atoms with E-state index in [1.807, 2.05) is 6.92 Å². The topological polar surface area (TPSA) is 79.4 Å². The third-order valence-electron chi connectivity index (χ3n) is 2.99. The van der Waals surface area contributed by atoms with E-state index in [4.69, 9.17) is 0 Å². The highest BCUT2D eigenvalue weighted by molar-refractivity contribution is 7.90. The Morgan fingerprint density at radius 1 is 1.53 bits per heavy atom. The number of carbonyl (C=O) groups excluding carboxylic acids is 1. The molecule has 0 aliphatic carbocycles. The summed E-state index contributed by atoms with van der Waals surface area (Å²) in [6.07, 6.45) is 2.99. The van der Waals surface area contributed by atoms with Crippen LogP contribution in [0.3, 0.4) is 0 Å². The predicted molar refractivity (Wildman–Crippen MR) is 73.7 cm³/mol. The first-order valence-electron chi connectivity index (χ1n) is 5.91. The minimum atomic E-state index is -3.88. The molecule has 1 unspecified atom stereocenters. The predicted octanol–water partition coefficient (Wildman–Crippen LogP) is 0.449. The molecule has 0 bridgehead atoms. The molecule has 1 aliphatic heterocycles. The highest BCUT2D eigenvalue weighted by Gasteiger charge is 2.31. The normalized spacial score (nSPS) is 20.4. The molecular formula is C11H16N3O3PS. The molecule has 1 aliphatic rings. The molecule has 8 heteroatoms. The van der Waals surface area contributed by atoms with E-state index in [1.54, 1.807) is 10.7 Å². The summed E-state index contributed by atoms with van der Waals surface area (Å²) in [5, 5.41) is -0.139. The van der Waals surface area contributed by atoms with Gasteiger partial charge in [-0.2, -0.15) is 8.42 Å². The fourth-order valence-electron chi connectivity index (χ4n) is 1.94. The van der Waals surface area contributed by atoms with Gasteiger partial charge >= 0.3 is 0 Å². The van der Waals surface area contributed by atoms with Gasteiger partial charge in [0.15, 0.2) is 5.03 Å². The molecule has 1 N–H and O–H groups in total. The lowest BCUT2D eigenvalue weighted by atomic mass is 10.2. The van der Waals surface area contributed by atoms with Crippen molar-refractivity contribution in [1.29, 1.82) is 0 Å². The fourth-order valence-corrected chi connectivity index (χ4v) is 3.35. The molecule has 2 rings (SSSR count). The van der Waals surface area contributed by atoms with Gasteiger partial charge in [-0.25, -0.2) is 9.71 Å². The standard InChI is InChI=1S/C11H16N3O3PS/c1-8-4-5-10(12-7-8)19(16,17)13-11(15)9-3-2-6-14(9)18/h4-5,7,9H,2-3,6,18H2,1H3,(H,13,15)/t9-/m0/s1. The minimum absolute atomic E-state index is 0.139. The molecule has 2 heterocycles. The Kier molecular flexibility index (Phi) is 4.18. The summed E-state index contributed by atoms with van der Waals surface area (Å²) < 4.78 is 27.8. The number of hydrogen-bond donors (Lipinski definition) is 1. The Bertz CT molecular complexity index is 573. The van der Waals surface area contributed by atoms with E-state index in [0.717, 1.165) is 18.5 Å². The van der Waals surface area contributed by atoms with Gasteiger partial charge in [-0.1, -0.05) is 15.5 Å². The first-order valence-corrected chi connectivity index (χ1v) is 7.91. The van der Waals surface area contributed by atoms with Gasteiger partial charge in [0.1, 0.15) is 0 Å². The van der Waals surface area contributed by atoms with E-state index in [9.17, 15) is 13.2 Å². The number of rotatable bonds is 3. The third kappa shape index (κ3) is 3.29. The van der Waals surface area contributed by atoms with E-state index in [2.05, 4.69) is 19.1 Å². The van der Waals surface area contributed by atoms with Crippen molar-refractivity contribution in [2.24, 2.45) is 0 Å². The number of nitrogens with zero attached hydrogens (tertiary/aromatic N) is 2. The van der Waals surface area contributed by atoms with Gasteiger partial charge in [0.25, 0.3) is 15.9 Å². The van der Waals surface area contributed by atoms with Gasteiger partial charge in [0.05, 0.1) is 6.04 Å². The zero-order valence-electron chi connectivity index (χ0n) is 10.5. The second-order valence-corrected chi connectivity index (χ2v) is 6.83. The van der Waals surface area contributed by atoms with E-state index in [1.165, 1.54) is 12.3 Å². The van der Waals surface area contributed by atoms with Crippen LogP contribution in [0.5, 0.6) is 0 Å². The number of hydrogen-bond acceptors (Lipinski definition) is 5. The molecule has 2 atom stereocenters. The molecule has 1 aromatic heterocycles. The lowest BCUT2D eigenvalue weighted by Gasteiger charge is -2.18. The van der Waals surface area contributed by atoms with Gasteiger partial charge in [-0.15, -0.1) is 0 Å². The Morgan fingerprint density at radius 2 is 2.26 bits per heavy atom. The fraction of sp³-hybridized carbons (Fsp3) is 0.455. The molecule has 1 amide bonds. The van der Waals surface area contributed by atoms with Crippen LogP contribution in [0.4, 0.5) is 0 Å². The van der Waals surface area contributed by atoms with E-state index >= 15 is 0 Å². The SMILES string of the molecule is Cc1ccc(S(=O)(=O)NC(=O)[C@@H]2CCCN2P)nc1. The number of carbonyl (C=O) groups is 1. The monoisotopic (exact) mass is 301 g/mol. The quantitative estimate of drug-likeness (QED) is 0.820. The molecular weight excluding hydrogens is 285 g/mol. The van der Waals surface area contributed by atoms with Crippen LogP contribution in [0.1, 0.15) is 18.4 Å². The maximum Gasteiger partial charge on any atom is 0.281 e. The van der Waals surface area contributed by atoms with Crippen LogP contribution in [-0.2, 0) is 14.8 Å². The van der Waals surface area contributed by atoms with Crippen LogP contribution in [0.25, 0.3) is 0 Å². The van der Waals surface area contributed by atoms with Crippen molar-refractivity contribution in [2.45, 2.75) is 30.8 Å². The number of amides is 1. The van der Waals surface area contributed by atoms with Gasteiger partial charge in [0.2, 0.25) is 0 Å². The maximum atomic E-state index is 12.0. The zero-order valence-corrected chi connectivity index (χ0v) is 12.5. The third-order valence-corrected chi connectivity index (χ3v) is 4.87. The van der Waals surface area contributed by atoms with Crippen LogP contribution >= 0.6 is 9.39 Å². The molecule has 0 radical (unpaired) electrons. The maximum absolute atomic E-state index is 12.0. The Labute approximate surface area is 114 Å². The minimum Gasteiger partial charge on any atom is -0.275 e. The molecule has 1 aromatic rings. The van der Waals surface area contributed by atoms with Crippen LogP contribution < -0.4 is 4.72 Å². The van der Waals surface area contributed by atoms with Crippen molar-refractivity contribution in [1.82, 2.24) is 14.4 Å². The largest absolute Gasteiger partial charge is 0.281 e. The smallest absolute Gasteiger partial charge is 0.275 e. The van der Waals surface area contributed by atoms with Crippen molar-refractivity contribution in [3.8, 4) is 0 Å². The molecule has 0 spiro atoms. The zero-order chi connectivity index (χ0) is 14.0. The summed E-state index contributed by atoms with van der Waals surface area (Å²) in [7, 11) is -1.44. The van der Waals surface area contributed by atoms with Crippen LogP contribution in [0.15, 0.2) is 23.4 Å². The number of pyridine rings is 1. The van der Waals surface area contributed by atoms with Gasteiger partial charge < -0.3 is 0 Å². The molecule has 19 heavy (non-hydrogen) atoms. The summed E-state index contributed by atoms with van der Waals surface area (Å²) in [6, 6.07) is 2.62. The van der Waals surface area contributed by atoms with Crippen molar-refractivity contribution in [2.75, 3.05) is 6.54 Å². The van der Waals surface area contributed by atoms with Crippen molar-refractivity contribution < 1.29 is 13.2 Å².